The van der Waals surface area contributed by atoms with Crippen LogP contribution in [0.15, 0.2) is 30.6 Å². The standard InChI is InChI=1S/C15H20N4/c1-5-13-14(17-10-18-15(13)16-2)11-6-8-12(9-7-11)19(3)4/h6-10H,5H2,1-4H3,(H,16,17,18). The third-order valence-electron chi connectivity index (χ3n) is 3.19. The number of nitrogens with one attached hydrogen (secondary N) is 1. The molecule has 2 rings (SSSR count). The van der Waals surface area contributed by atoms with Gasteiger partial charge in [-0.25, -0.2) is 9.97 Å². The molecule has 0 spiro atoms. The van der Waals surface area contributed by atoms with Gasteiger partial charge in [0, 0.05) is 38.0 Å². The Morgan fingerprint density at radius 2 is 1.79 bits per heavy atom. The van der Waals surface area contributed by atoms with E-state index in [0.29, 0.717) is 0 Å². The van der Waals surface area contributed by atoms with Crippen molar-refractivity contribution in [2.45, 2.75) is 13.3 Å². The highest BCUT2D eigenvalue weighted by atomic mass is 15.1. The van der Waals surface area contributed by atoms with E-state index in [1.807, 2.05) is 21.1 Å². The number of benzene rings is 1. The Morgan fingerprint density at radius 3 is 2.32 bits per heavy atom. The van der Waals surface area contributed by atoms with Crippen molar-refractivity contribution in [3.05, 3.63) is 36.2 Å². The van der Waals surface area contributed by atoms with Crippen molar-refractivity contribution in [2.24, 2.45) is 0 Å². The molecule has 0 amide bonds. The fraction of sp³-hybridized carbons (Fsp3) is 0.333. The van der Waals surface area contributed by atoms with Crippen LogP contribution >= 0.6 is 0 Å². The summed E-state index contributed by atoms with van der Waals surface area (Å²) in [6.07, 6.45) is 2.52. The lowest BCUT2D eigenvalue weighted by Gasteiger charge is -2.14. The molecule has 0 saturated heterocycles. The van der Waals surface area contributed by atoms with Gasteiger partial charge in [0.25, 0.3) is 0 Å². The van der Waals surface area contributed by atoms with E-state index < -0.39 is 0 Å². The van der Waals surface area contributed by atoms with Crippen LogP contribution in [0.5, 0.6) is 0 Å². The summed E-state index contributed by atoms with van der Waals surface area (Å²) < 4.78 is 0. The first kappa shape index (κ1) is 13.3. The lowest BCUT2D eigenvalue weighted by atomic mass is 10.0. The molecule has 0 radical (unpaired) electrons. The average Bonchev–Trinajstić information content (AvgIpc) is 2.46. The largest absolute Gasteiger partial charge is 0.378 e. The number of hydrogen-bond acceptors (Lipinski definition) is 4. The maximum absolute atomic E-state index is 4.44. The number of aromatic nitrogens is 2. The van der Waals surface area contributed by atoms with Crippen LogP contribution in [-0.4, -0.2) is 31.1 Å². The molecule has 1 aromatic heterocycles. The van der Waals surface area contributed by atoms with Gasteiger partial charge in [0.1, 0.15) is 12.1 Å². The zero-order chi connectivity index (χ0) is 13.8. The summed E-state index contributed by atoms with van der Waals surface area (Å²) in [4.78, 5) is 10.8. The molecule has 0 aliphatic carbocycles. The molecular weight excluding hydrogens is 236 g/mol. The Bertz CT molecular complexity index is 547. The van der Waals surface area contributed by atoms with Crippen molar-refractivity contribution in [3.8, 4) is 11.3 Å². The van der Waals surface area contributed by atoms with E-state index >= 15 is 0 Å². The molecule has 1 N–H and O–H groups in total. The second kappa shape index (κ2) is 5.69. The van der Waals surface area contributed by atoms with E-state index in [-0.39, 0.29) is 0 Å². The fourth-order valence-corrected chi connectivity index (χ4v) is 2.13. The smallest absolute Gasteiger partial charge is 0.132 e. The van der Waals surface area contributed by atoms with Gasteiger partial charge in [0.05, 0.1) is 5.69 Å². The molecule has 4 nitrogen and oxygen atoms in total. The molecule has 2 aromatic rings. The Balaban J connectivity index is 2.46. The molecule has 100 valence electrons. The van der Waals surface area contributed by atoms with Crippen LogP contribution < -0.4 is 10.2 Å². The minimum atomic E-state index is 0.905. The molecule has 19 heavy (non-hydrogen) atoms. The van der Waals surface area contributed by atoms with Gasteiger partial charge in [-0.2, -0.15) is 0 Å². The minimum Gasteiger partial charge on any atom is -0.378 e. The second-order valence-corrected chi connectivity index (χ2v) is 4.59. The summed E-state index contributed by atoms with van der Waals surface area (Å²) in [6, 6.07) is 8.43. The Hall–Kier alpha value is -2.10. The van der Waals surface area contributed by atoms with Gasteiger partial charge in [-0.15, -0.1) is 0 Å². The highest BCUT2D eigenvalue weighted by molar-refractivity contribution is 5.69. The minimum absolute atomic E-state index is 0.905. The molecule has 0 atom stereocenters. The van der Waals surface area contributed by atoms with Gasteiger partial charge in [0.2, 0.25) is 0 Å². The van der Waals surface area contributed by atoms with Crippen LogP contribution in [0.3, 0.4) is 0 Å². The van der Waals surface area contributed by atoms with Crippen molar-refractivity contribution >= 4 is 11.5 Å². The molecule has 0 unspecified atom stereocenters. The van der Waals surface area contributed by atoms with E-state index in [1.54, 1.807) is 6.33 Å². The maximum atomic E-state index is 4.44. The van der Waals surface area contributed by atoms with Gasteiger partial charge < -0.3 is 10.2 Å². The SMILES string of the molecule is CCc1c(NC)ncnc1-c1ccc(N(C)C)cc1. The highest BCUT2D eigenvalue weighted by Gasteiger charge is 2.10. The van der Waals surface area contributed by atoms with E-state index in [1.165, 1.54) is 5.69 Å². The molecule has 0 saturated carbocycles. The first-order valence-corrected chi connectivity index (χ1v) is 6.46. The summed E-state index contributed by atoms with van der Waals surface area (Å²) in [7, 11) is 5.97. The number of hydrogen-bond donors (Lipinski definition) is 1. The fourth-order valence-electron chi connectivity index (χ4n) is 2.13. The molecular formula is C15H20N4. The van der Waals surface area contributed by atoms with Crippen molar-refractivity contribution < 1.29 is 0 Å². The third kappa shape index (κ3) is 2.67. The topological polar surface area (TPSA) is 41.1 Å². The molecule has 1 heterocycles. The van der Waals surface area contributed by atoms with Crippen LogP contribution in [0.1, 0.15) is 12.5 Å². The van der Waals surface area contributed by atoms with Crippen molar-refractivity contribution in [2.75, 3.05) is 31.4 Å². The normalized spacial score (nSPS) is 10.3. The van der Waals surface area contributed by atoms with Crippen LogP contribution in [0.25, 0.3) is 11.3 Å². The van der Waals surface area contributed by atoms with Crippen molar-refractivity contribution in [3.63, 3.8) is 0 Å². The van der Waals surface area contributed by atoms with Gasteiger partial charge in [-0.3, -0.25) is 0 Å². The van der Waals surface area contributed by atoms with Crippen LogP contribution in [0, 0.1) is 0 Å². The molecule has 0 aliphatic heterocycles. The van der Waals surface area contributed by atoms with Crippen molar-refractivity contribution in [1.82, 2.24) is 9.97 Å². The van der Waals surface area contributed by atoms with E-state index in [0.717, 1.165) is 29.1 Å². The zero-order valence-corrected chi connectivity index (χ0v) is 11.9. The third-order valence-corrected chi connectivity index (χ3v) is 3.19. The number of nitrogens with zero attached hydrogens (tertiary/aromatic N) is 3. The lowest BCUT2D eigenvalue weighted by molar-refractivity contribution is 1.05. The quantitative estimate of drug-likeness (QED) is 0.913. The molecule has 4 heteroatoms. The molecule has 0 fully saturated rings. The number of rotatable bonds is 4. The van der Waals surface area contributed by atoms with Gasteiger partial charge in [-0.1, -0.05) is 19.1 Å². The van der Waals surface area contributed by atoms with E-state index in [4.69, 9.17) is 0 Å². The Morgan fingerprint density at radius 1 is 1.11 bits per heavy atom. The molecule has 0 aliphatic rings. The van der Waals surface area contributed by atoms with Crippen LogP contribution in [0.2, 0.25) is 0 Å². The summed E-state index contributed by atoms with van der Waals surface area (Å²) >= 11 is 0. The average molecular weight is 256 g/mol. The summed E-state index contributed by atoms with van der Waals surface area (Å²) in [6.45, 7) is 2.12. The predicted molar refractivity (Wildman–Crippen MR) is 80.7 cm³/mol. The van der Waals surface area contributed by atoms with Gasteiger partial charge in [0.15, 0.2) is 0 Å². The summed E-state index contributed by atoms with van der Waals surface area (Å²) in [5.41, 5.74) is 4.47. The predicted octanol–water partition coefficient (Wildman–Crippen LogP) is 2.81. The van der Waals surface area contributed by atoms with E-state index in [2.05, 4.69) is 51.4 Å². The lowest BCUT2D eigenvalue weighted by Crippen LogP contribution is -2.08. The number of anilines is 2. The van der Waals surface area contributed by atoms with Gasteiger partial charge in [-0.05, 0) is 18.6 Å². The Kier molecular flexibility index (Phi) is 4.00. The first-order chi connectivity index (χ1) is 9.17. The monoisotopic (exact) mass is 256 g/mol. The highest BCUT2D eigenvalue weighted by Crippen LogP contribution is 2.27. The second-order valence-electron chi connectivity index (χ2n) is 4.59. The Labute approximate surface area is 114 Å². The molecule has 1 aromatic carbocycles. The van der Waals surface area contributed by atoms with Crippen LogP contribution in [-0.2, 0) is 6.42 Å². The summed E-state index contributed by atoms with van der Waals surface area (Å²) in [5.74, 6) is 0.907. The van der Waals surface area contributed by atoms with Crippen molar-refractivity contribution in [1.29, 1.82) is 0 Å². The van der Waals surface area contributed by atoms with Crippen LogP contribution in [0.4, 0.5) is 11.5 Å². The zero-order valence-electron chi connectivity index (χ0n) is 11.9. The molecule has 0 bridgehead atoms. The first-order valence-electron chi connectivity index (χ1n) is 6.46. The van der Waals surface area contributed by atoms with E-state index in [9.17, 15) is 0 Å². The van der Waals surface area contributed by atoms with Gasteiger partial charge >= 0.3 is 0 Å². The maximum Gasteiger partial charge on any atom is 0.132 e. The summed E-state index contributed by atoms with van der Waals surface area (Å²) in [5, 5.41) is 3.13.